The summed E-state index contributed by atoms with van der Waals surface area (Å²) >= 11 is 0. The lowest BCUT2D eigenvalue weighted by atomic mass is 10.1. The Morgan fingerprint density at radius 3 is 2.64 bits per heavy atom. The van der Waals surface area contributed by atoms with Crippen molar-refractivity contribution < 1.29 is 18.7 Å². The highest BCUT2D eigenvalue weighted by atomic mass is 19.3. The summed E-state index contributed by atoms with van der Waals surface area (Å²) in [6.45, 7) is 1.45. The first-order chi connectivity index (χ1) is 6.43. The lowest BCUT2D eigenvalue weighted by Gasteiger charge is -2.06. The van der Waals surface area contributed by atoms with Crippen molar-refractivity contribution >= 4 is 11.7 Å². The van der Waals surface area contributed by atoms with E-state index in [4.69, 9.17) is 10.8 Å². The Morgan fingerprint density at radius 2 is 2.21 bits per heavy atom. The van der Waals surface area contributed by atoms with Crippen LogP contribution in [0.5, 0.6) is 0 Å². The molecule has 0 saturated carbocycles. The Hall–Kier alpha value is -1.72. The third-order valence-corrected chi connectivity index (χ3v) is 1.71. The third-order valence-electron chi connectivity index (χ3n) is 1.71. The van der Waals surface area contributed by atoms with E-state index in [1.165, 1.54) is 6.92 Å². The molecule has 4 nitrogen and oxygen atoms in total. The van der Waals surface area contributed by atoms with Crippen molar-refractivity contribution in [2.45, 2.75) is 13.3 Å². The highest BCUT2D eigenvalue weighted by molar-refractivity contribution is 5.92. The van der Waals surface area contributed by atoms with Crippen LogP contribution in [0.15, 0.2) is 6.07 Å². The zero-order valence-electron chi connectivity index (χ0n) is 7.29. The number of alkyl halides is 2. The van der Waals surface area contributed by atoms with Gasteiger partial charge in [0, 0.05) is 0 Å². The minimum Gasteiger partial charge on any atom is -0.476 e. The van der Waals surface area contributed by atoms with Gasteiger partial charge in [0.2, 0.25) is 0 Å². The van der Waals surface area contributed by atoms with Crippen LogP contribution in [-0.4, -0.2) is 16.1 Å². The number of hydrogen-bond donors (Lipinski definition) is 2. The molecule has 6 heteroatoms. The number of aryl methyl sites for hydroxylation is 1. The molecule has 0 aromatic carbocycles. The summed E-state index contributed by atoms with van der Waals surface area (Å²) in [5, 5.41) is 8.61. The first kappa shape index (κ1) is 10.4. The fourth-order valence-corrected chi connectivity index (χ4v) is 0.983. The van der Waals surface area contributed by atoms with Crippen LogP contribution in [-0.2, 0) is 0 Å². The van der Waals surface area contributed by atoms with Crippen LogP contribution in [0.3, 0.4) is 0 Å². The SMILES string of the molecule is Cc1cc(C(F)F)nc(C(=O)O)c1N. The van der Waals surface area contributed by atoms with E-state index in [2.05, 4.69) is 4.98 Å². The molecular weight excluding hydrogens is 194 g/mol. The first-order valence-electron chi connectivity index (χ1n) is 3.72. The lowest BCUT2D eigenvalue weighted by molar-refractivity contribution is 0.0690. The zero-order valence-corrected chi connectivity index (χ0v) is 7.29. The normalized spacial score (nSPS) is 10.6. The number of aromatic carboxylic acids is 1. The Kier molecular flexibility index (Phi) is 2.64. The number of hydrogen-bond acceptors (Lipinski definition) is 3. The zero-order chi connectivity index (χ0) is 10.9. The summed E-state index contributed by atoms with van der Waals surface area (Å²) < 4.78 is 24.5. The Labute approximate surface area is 78.4 Å². The molecule has 0 aliphatic rings. The number of rotatable bonds is 2. The molecule has 0 unspecified atom stereocenters. The van der Waals surface area contributed by atoms with Crippen molar-refractivity contribution in [1.82, 2.24) is 4.98 Å². The highest BCUT2D eigenvalue weighted by Crippen LogP contribution is 2.22. The quantitative estimate of drug-likeness (QED) is 0.763. The number of anilines is 1. The topological polar surface area (TPSA) is 76.2 Å². The molecule has 14 heavy (non-hydrogen) atoms. The van der Waals surface area contributed by atoms with E-state index >= 15 is 0 Å². The van der Waals surface area contributed by atoms with Gasteiger partial charge < -0.3 is 10.8 Å². The molecule has 0 aliphatic heterocycles. The number of pyridine rings is 1. The number of carboxylic acids is 1. The van der Waals surface area contributed by atoms with Gasteiger partial charge in [0.05, 0.1) is 5.69 Å². The predicted molar refractivity (Wildman–Crippen MR) is 45.3 cm³/mol. The molecule has 0 spiro atoms. The van der Waals surface area contributed by atoms with Crippen LogP contribution in [0.1, 0.15) is 28.2 Å². The monoisotopic (exact) mass is 202 g/mol. The maximum atomic E-state index is 12.2. The van der Waals surface area contributed by atoms with Gasteiger partial charge in [-0.15, -0.1) is 0 Å². The van der Waals surface area contributed by atoms with Crippen molar-refractivity contribution in [3.63, 3.8) is 0 Å². The van der Waals surface area contributed by atoms with Crippen molar-refractivity contribution in [2.75, 3.05) is 5.73 Å². The van der Waals surface area contributed by atoms with Gasteiger partial charge in [0.25, 0.3) is 6.43 Å². The van der Waals surface area contributed by atoms with Gasteiger partial charge in [-0.3, -0.25) is 0 Å². The van der Waals surface area contributed by atoms with E-state index in [0.29, 0.717) is 0 Å². The summed E-state index contributed by atoms with van der Waals surface area (Å²) in [5.74, 6) is -1.41. The van der Waals surface area contributed by atoms with Gasteiger partial charge in [-0.25, -0.2) is 18.6 Å². The number of carbonyl (C=O) groups is 1. The maximum Gasteiger partial charge on any atom is 0.356 e. The molecule has 76 valence electrons. The molecule has 0 bridgehead atoms. The largest absolute Gasteiger partial charge is 0.476 e. The van der Waals surface area contributed by atoms with E-state index in [0.717, 1.165) is 6.07 Å². The fraction of sp³-hybridized carbons (Fsp3) is 0.250. The molecule has 0 saturated heterocycles. The van der Waals surface area contributed by atoms with E-state index in [-0.39, 0.29) is 11.3 Å². The van der Waals surface area contributed by atoms with Gasteiger partial charge >= 0.3 is 5.97 Å². The van der Waals surface area contributed by atoms with E-state index in [1.54, 1.807) is 0 Å². The second-order valence-electron chi connectivity index (χ2n) is 2.73. The van der Waals surface area contributed by atoms with E-state index < -0.39 is 23.8 Å². The molecule has 1 aromatic rings. The van der Waals surface area contributed by atoms with E-state index in [9.17, 15) is 13.6 Å². The number of nitrogens with two attached hydrogens (primary N) is 1. The van der Waals surface area contributed by atoms with Gasteiger partial charge in [0.1, 0.15) is 5.69 Å². The predicted octanol–water partition coefficient (Wildman–Crippen LogP) is 1.61. The summed E-state index contributed by atoms with van der Waals surface area (Å²) in [4.78, 5) is 13.8. The Bertz CT molecular complexity index is 380. The van der Waals surface area contributed by atoms with Crippen LogP contribution in [0, 0.1) is 6.92 Å². The van der Waals surface area contributed by atoms with Crippen LogP contribution in [0.25, 0.3) is 0 Å². The molecule has 1 rings (SSSR count). The standard InChI is InChI=1S/C8H8F2N2O2/c1-3-2-4(7(9)10)12-6(5(3)11)8(13)14/h2,7H,11H2,1H3,(H,13,14). The molecule has 0 fully saturated rings. The number of carboxylic acid groups (broad SMARTS) is 1. The minimum absolute atomic E-state index is 0.0816. The average Bonchev–Trinajstić information content (AvgIpc) is 2.08. The maximum absolute atomic E-state index is 12.2. The smallest absolute Gasteiger partial charge is 0.356 e. The highest BCUT2D eigenvalue weighted by Gasteiger charge is 2.17. The molecule has 0 atom stereocenters. The summed E-state index contributed by atoms with van der Waals surface area (Å²) in [6, 6.07) is 1.08. The number of nitrogen functional groups attached to an aromatic ring is 1. The Balaban J connectivity index is 3.35. The third kappa shape index (κ3) is 1.78. The molecule has 1 heterocycles. The molecular formula is C8H8F2N2O2. The number of nitrogens with zero attached hydrogens (tertiary/aromatic N) is 1. The summed E-state index contributed by atoms with van der Waals surface area (Å²) in [7, 11) is 0. The van der Waals surface area contributed by atoms with Gasteiger partial charge in [-0.2, -0.15) is 0 Å². The fourth-order valence-electron chi connectivity index (χ4n) is 0.983. The van der Waals surface area contributed by atoms with Crippen LogP contribution < -0.4 is 5.73 Å². The van der Waals surface area contributed by atoms with Crippen LogP contribution >= 0.6 is 0 Å². The average molecular weight is 202 g/mol. The molecule has 0 aliphatic carbocycles. The molecule has 0 radical (unpaired) electrons. The van der Waals surface area contributed by atoms with Gasteiger partial charge in [0.15, 0.2) is 5.69 Å². The second-order valence-corrected chi connectivity index (χ2v) is 2.73. The Morgan fingerprint density at radius 1 is 1.64 bits per heavy atom. The first-order valence-corrected chi connectivity index (χ1v) is 3.72. The minimum atomic E-state index is -2.80. The van der Waals surface area contributed by atoms with Crippen molar-refractivity contribution in [3.8, 4) is 0 Å². The molecule has 1 aromatic heterocycles. The van der Waals surface area contributed by atoms with Crippen molar-refractivity contribution in [2.24, 2.45) is 0 Å². The van der Waals surface area contributed by atoms with Gasteiger partial charge in [-0.05, 0) is 18.6 Å². The summed E-state index contributed by atoms with van der Waals surface area (Å²) in [5.41, 5.74) is 4.47. The molecule has 3 N–H and O–H groups in total. The molecule has 0 amide bonds. The second kappa shape index (κ2) is 3.57. The van der Waals surface area contributed by atoms with Crippen molar-refractivity contribution in [3.05, 3.63) is 23.0 Å². The van der Waals surface area contributed by atoms with Crippen LogP contribution in [0.4, 0.5) is 14.5 Å². The van der Waals surface area contributed by atoms with E-state index in [1.807, 2.05) is 0 Å². The van der Waals surface area contributed by atoms with Crippen molar-refractivity contribution in [1.29, 1.82) is 0 Å². The summed E-state index contributed by atoms with van der Waals surface area (Å²) in [6.07, 6.45) is -2.80. The number of aromatic nitrogens is 1. The lowest BCUT2D eigenvalue weighted by Crippen LogP contribution is -2.09. The number of halogens is 2. The van der Waals surface area contributed by atoms with Gasteiger partial charge in [-0.1, -0.05) is 0 Å². The van der Waals surface area contributed by atoms with Crippen LogP contribution in [0.2, 0.25) is 0 Å².